The number of amides is 1. The van der Waals surface area contributed by atoms with Gasteiger partial charge in [-0.3, -0.25) is 10.2 Å². The second-order valence-electron chi connectivity index (χ2n) is 9.01. The molecule has 1 atom stereocenters. The van der Waals surface area contributed by atoms with Crippen LogP contribution in [0, 0.1) is 0 Å². The van der Waals surface area contributed by atoms with Crippen molar-refractivity contribution >= 4 is 11.8 Å². The van der Waals surface area contributed by atoms with Crippen LogP contribution in [0.25, 0.3) is 0 Å². The highest BCUT2D eigenvalue weighted by molar-refractivity contribution is 5.87. The largest absolute Gasteiger partial charge is 0.504 e. The zero-order valence-corrected chi connectivity index (χ0v) is 20.0. The molecule has 6 rings (SSSR count). The van der Waals surface area contributed by atoms with Crippen molar-refractivity contribution < 1.29 is 33.6 Å². The summed E-state index contributed by atoms with van der Waals surface area (Å²) in [6.45, 7) is 1.65. The SMILES string of the molecule is COc1cc(NC(=O)Oc2c(O)ccc3c2CN2CCc4cc5c(cc4C2C3)OCO5)cc(OC)c1. The van der Waals surface area contributed by atoms with Gasteiger partial charge in [-0.05, 0) is 47.7 Å². The van der Waals surface area contributed by atoms with E-state index in [1.165, 1.54) is 25.3 Å². The summed E-state index contributed by atoms with van der Waals surface area (Å²) in [6.07, 6.45) is 0.894. The molecule has 3 aliphatic rings. The number of rotatable bonds is 4. The number of hydrogen-bond donors (Lipinski definition) is 2. The highest BCUT2D eigenvalue weighted by Gasteiger charge is 2.36. The Morgan fingerprint density at radius 3 is 2.53 bits per heavy atom. The van der Waals surface area contributed by atoms with Gasteiger partial charge in [0.15, 0.2) is 23.0 Å². The standard InChI is InChI=1S/C27H26N2O7/c1-32-18-9-17(10-19(11-18)33-2)28-27(31)36-26-21-13-29-6-5-16-8-24-25(35-14-34-24)12-20(16)22(29)7-15(21)3-4-23(26)30/h3-4,8-12,22,30H,5-7,13-14H2,1-2H3,(H,28,31). The maximum atomic E-state index is 12.8. The van der Waals surface area contributed by atoms with Crippen molar-refractivity contribution in [2.75, 3.05) is 32.9 Å². The summed E-state index contributed by atoms with van der Waals surface area (Å²) >= 11 is 0. The van der Waals surface area contributed by atoms with Gasteiger partial charge in [0.2, 0.25) is 6.79 Å². The zero-order chi connectivity index (χ0) is 24.8. The molecule has 1 amide bonds. The number of phenols is 1. The smallest absolute Gasteiger partial charge is 0.417 e. The van der Waals surface area contributed by atoms with Gasteiger partial charge in [-0.15, -0.1) is 0 Å². The Balaban J connectivity index is 1.26. The molecule has 0 radical (unpaired) electrons. The van der Waals surface area contributed by atoms with E-state index in [1.54, 1.807) is 24.3 Å². The van der Waals surface area contributed by atoms with Crippen molar-refractivity contribution in [1.29, 1.82) is 0 Å². The monoisotopic (exact) mass is 490 g/mol. The maximum absolute atomic E-state index is 12.8. The molecule has 0 aromatic heterocycles. The molecule has 0 bridgehead atoms. The molecule has 2 N–H and O–H groups in total. The van der Waals surface area contributed by atoms with Crippen molar-refractivity contribution in [3.63, 3.8) is 0 Å². The molecule has 3 aromatic rings. The van der Waals surface area contributed by atoms with Gasteiger partial charge in [0, 0.05) is 42.9 Å². The molecular weight excluding hydrogens is 464 g/mol. The lowest BCUT2D eigenvalue weighted by Crippen LogP contribution is -2.39. The molecular formula is C27H26N2O7. The molecule has 0 spiro atoms. The van der Waals surface area contributed by atoms with Crippen molar-refractivity contribution in [1.82, 2.24) is 4.90 Å². The third-order valence-electron chi connectivity index (χ3n) is 7.01. The summed E-state index contributed by atoms with van der Waals surface area (Å²) < 4.78 is 27.4. The third-order valence-corrected chi connectivity index (χ3v) is 7.01. The number of fused-ring (bicyclic) bond motifs is 5. The second kappa shape index (κ2) is 8.83. The second-order valence-corrected chi connectivity index (χ2v) is 9.01. The first-order valence-electron chi connectivity index (χ1n) is 11.7. The molecule has 36 heavy (non-hydrogen) atoms. The summed E-state index contributed by atoms with van der Waals surface area (Å²) in [7, 11) is 3.07. The van der Waals surface area contributed by atoms with Crippen molar-refractivity contribution in [3.8, 4) is 34.5 Å². The average Bonchev–Trinajstić information content (AvgIpc) is 3.35. The van der Waals surface area contributed by atoms with Crippen LogP contribution in [0.4, 0.5) is 10.5 Å². The molecule has 1 unspecified atom stereocenters. The first kappa shape index (κ1) is 22.4. The molecule has 9 nitrogen and oxygen atoms in total. The lowest BCUT2D eigenvalue weighted by atomic mass is 9.83. The number of nitrogens with zero attached hydrogens (tertiary/aromatic N) is 1. The number of anilines is 1. The molecule has 0 saturated carbocycles. The molecule has 0 aliphatic carbocycles. The average molecular weight is 491 g/mol. The summed E-state index contributed by atoms with van der Waals surface area (Å²) in [4.78, 5) is 15.2. The van der Waals surface area contributed by atoms with Crippen LogP contribution in [0.15, 0.2) is 42.5 Å². The molecule has 186 valence electrons. The Bertz CT molecular complexity index is 1330. The fraction of sp³-hybridized carbons (Fsp3) is 0.296. The maximum Gasteiger partial charge on any atom is 0.417 e. The molecule has 0 saturated heterocycles. The fourth-order valence-corrected chi connectivity index (χ4v) is 5.23. The molecule has 3 aromatic carbocycles. The number of carbonyl (C=O) groups is 1. The Morgan fingerprint density at radius 2 is 1.78 bits per heavy atom. The predicted molar refractivity (Wildman–Crippen MR) is 130 cm³/mol. The Kier molecular flexibility index (Phi) is 5.49. The lowest BCUT2D eigenvalue weighted by molar-refractivity contribution is 0.157. The van der Waals surface area contributed by atoms with E-state index in [0.29, 0.717) is 23.7 Å². The number of phenolic OH excluding ortho intramolecular Hbond substituents is 1. The van der Waals surface area contributed by atoms with Crippen LogP contribution in [0.5, 0.6) is 34.5 Å². The Hall–Kier alpha value is -4.11. The fourth-order valence-electron chi connectivity index (χ4n) is 5.23. The summed E-state index contributed by atoms with van der Waals surface area (Å²) in [5.74, 6) is 2.74. The summed E-state index contributed by atoms with van der Waals surface area (Å²) in [6, 6.07) is 12.9. The lowest BCUT2D eigenvalue weighted by Gasteiger charge is -2.41. The van der Waals surface area contributed by atoms with Crippen LogP contribution in [0.2, 0.25) is 0 Å². The van der Waals surface area contributed by atoms with Gasteiger partial charge in [-0.2, -0.15) is 0 Å². The highest BCUT2D eigenvalue weighted by Crippen LogP contribution is 2.46. The van der Waals surface area contributed by atoms with Gasteiger partial charge >= 0.3 is 6.09 Å². The van der Waals surface area contributed by atoms with Gasteiger partial charge in [0.25, 0.3) is 0 Å². The van der Waals surface area contributed by atoms with Gasteiger partial charge < -0.3 is 28.8 Å². The minimum Gasteiger partial charge on any atom is -0.504 e. The zero-order valence-electron chi connectivity index (χ0n) is 20.0. The molecule has 3 heterocycles. The van der Waals surface area contributed by atoms with Crippen LogP contribution in [-0.4, -0.2) is 43.7 Å². The number of nitrogens with one attached hydrogen (secondary N) is 1. The summed E-state index contributed by atoms with van der Waals surface area (Å²) in [5, 5.41) is 13.3. The number of methoxy groups -OCH3 is 2. The highest BCUT2D eigenvalue weighted by atomic mass is 16.7. The van der Waals surface area contributed by atoms with Crippen LogP contribution >= 0.6 is 0 Å². The number of benzene rings is 3. The summed E-state index contributed by atoms with van der Waals surface area (Å²) in [5.41, 5.74) is 4.80. The van der Waals surface area contributed by atoms with Gasteiger partial charge in [-0.25, -0.2) is 4.79 Å². The Labute approximate surface area is 208 Å². The van der Waals surface area contributed by atoms with E-state index >= 15 is 0 Å². The topological polar surface area (TPSA) is 98.7 Å². The van der Waals surface area contributed by atoms with E-state index < -0.39 is 6.09 Å². The molecule has 0 fully saturated rings. The predicted octanol–water partition coefficient (Wildman–Crippen LogP) is 4.40. The molecule has 3 aliphatic heterocycles. The Morgan fingerprint density at radius 1 is 1.03 bits per heavy atom. The van der Waals surface area contributed by atoms with Crippen LogP contribution < -0.4 is 29.0 Å². The number of aromatic hydroxyl groups is 1. The van der Waals surface area contributed by atoms with E-state index in [9.17, 15) is 9.90 Å². The van der Waals surface area contributed by atoms with Crippen molar-refractivity contribution in [2.45, 2.75) is 25.4 Å². The van der Waals surface area contributed by atoms with Crippen molar-refractivity contribution in [2.24, 2.45) is 0 Å². The van der Waals surface area contributed by atoms with E-state index in [-0.39, 0.29) is 24.3 Å². The number of hydrogen-bond acceptors (Lipinski definition) is 8. The minimum absolute atomic E-state index is 0.0775. The number of carbonyl (C=O) groups excluding carboxylic acids is 1. The normalized spacial score (nSPS) is 17.4. The van der Waals surface area contributed by atoms with Gasteiger partial charge in [0.1, 0.15) is 11.5 Å². The van der Waals surface area contributed by atoms with Crippen LogP contribution in [0.1, 0.15) is 28.3 Å². The minimum atomic E-state index is -0.715. The van der Waals surface area contributed by atoms with E-state index in [4.69, 9.17) is 23.7 Å². The van der Waals surface area contributed by atoms with Gasteiger partial charge in [-0.1, -0.05) is 6.07 Å². The molecule has 9 heteroatoms. The first-order chi connectivity index (χ1) is 17.5. The van der Waals surface area contributed by atoms with E-state index in [2.05, 4.69) is 22.3 Å². The number of ether oxygens (including phenoxy) is 5. The van der Waals surface area contributed by atoms with E-state index in [1.807, 2.05) is 6.07 Å². The van der Waals surface area contributed by atoms with Crippen molar-refractivity contribution in [3.05, 3.63) is 64.7 Å². The quantitative estimate of drug-likeness (QED) is 0.555. The van der Waals surface area contributed by atoms with Crippen LogP contribution in [0.3, 0.4) is 0 Å². The van der Waals surface area contributed by atoms with Gasteiger partial charge in [0.05, 0.1) is 19.9 Å². The first-order valence-corrected chi connectivity index (χ1v) is 11.7. The third kappa shape index (κ3) is 3.91. The van der Waals surface area contributed by atoms with E-state index in [0.717, 1.165) is 42.0 Å². The van der Waals surface area contributed by atoms with Crippen LogP contribution in [-0.2, 0) is 19.4 Å².